The van der Waals surface area contributed by atoms with Crippen LogP contribution in [0.15, 0.2) is 78.0 Å². The molecule has 0 aliphatic heterocycles. The second-order valence-corrected chi connectivity index (χ2v) is 7.81. The van der Waals surface area contributed by atoms with Crippen LogP contribution >= 0.6 is 11.8 Å². The molecule has 0 fully saturated rings. The minimum atomic E-state index is -0.334. The number of hydrogen-bond acceptors (Lipinski definition) is 4. The number of fused-ring (bicyclic) bond motifs is 1. The summed E-state index contributed by atoms with van der Waals surface area (Å²) in [6.07, 6.45) is 5.35. The van der Waals surface area contributed by atoms with Gasteiger partial charge < -0.3 is 5.32 Å². The first-order chi connectivity index (χ1) is 14.5. The minimum absolute atomic E-state index is 0.161. The zero-order chi connectivity index (χ0) is 21.1. The van der Waals surface area contributed by atoms with Crippen LogP contribution < -0.4 is 5.32 Å². The Kier molecular flexibility index (Phi) is 5.77. The van der Waals surface area contributed by atoms with Crippen LogP contribution in [0.3, 0.4) is 0 Å². The van der Waals surface area contributed by atoms with E-state index in [1.165, 1.54) is 17.0 Å². The summed E-state index contributed by atoms with van der Waals surface area (Å²) < 4.78 is 13.7. The third-order valence-electron chi connectivity index (χ3n) is 4.93. The summed E-state index contributed by atoms with van der Waals surface area (Å²) in [6.45, 7) is 1.94. The van der Waals surface area contributed by atoms with Crippen molar-refractivity contribution in [2.24, 2.45) is 0 Å². The fourth-order valence-electron chi connectivity index (χ4n) is 3.28. The molecule has 0 aliphatic rings. The third kappa shape index (κ3) is 4.19. The Bertz CT molecular complexity index is 1210. The van der Waals surface area contributed by atoms with Gasteiger partial charge in [0.15, 0.2) is 0 Å². The number of benzene rings is 2. The van der Waals surface area contributed by atoms with E-state index in [1.54, 1.807) is 42.4 Å². The standard InChI is InChI=1S/C24H20FN3OS/c1-15(16-6-9-20(30-2)10-7-16)27-24(29)22-11-8-18-13-26-14-21(23(18)28-22)17-4-3-5-19(25)12-17/h3-15H,1-2H3,(H,27,29). The van der Waals surface area contributed by atoms with Gasteiger partial charge in [0, 0.05) is 28.2 Å². The summed E-state index contributed by atoms with van der Waals surface area (Å²) in [6, 6.07) is 17.7. The van der Waals surface area contributed by atoms with Crippen molar-refractivity contribution in [3.63, 3.8) is 0 Å². The molecular formula is C24H20FN3OS. The van der Waals surface area contributed by atoms with Crippen LogP contribution in [-0.4, -0.2) is 22.1 Å². The zero-order valence-electron chi connectivity index (χ0n) is 16.6. The first kappa shape index (κ1) is 20.0. The van der Waals surface area contributed by atoms with Crippen molar-refractivity contribution in [1.29, 1.82) is 0 Å². The minimum Gasteiger partial charge on any atom is -0.344 e. The number of halogens is 1. The van der Waals surface area contributed by atoms with Crippen LogP contribution in [0.5, 0.6) is 0 Å². The van der Waals surface area contributed by atoms with E-state index in [9.17, 15) is 9.18 Å². The SMILES string of the molecule is CSc1ccc(C(C)NC(=O)c2ccc3cncc(-c4cccc(F)c4)c3n2)cc1. The first-order valence-corrected chi connectivity index (χ1v) is 10.7. The van der Waals surface area contributed by atoms with Crippen molar-refractivity contribution >= 4 is 28.6 Å². The van der Waals surface area contributed by atoms with Gasteiger partial charge in [-0.15, -0.1) is 11.8 Å². The van der Waals surface area contributed by atoms with E-state index in [0.29, 0.717) is 22.3 Å². The molecule has 30 heavy (non-hydrogen) atoms. The molecule has 0 radical (unpaired) electrons. The molecule has 150 valence electrons. The van der Waals surface area contributed by atoms with Gasteiger partial charge in [-0.25, -0.2) is 9.37 Å². The molecule has 1 N–H and O–H groups in total. The van der Waals surface area contributed by atoms with E-state index in [2.05, 4.69) is 15.3 Å². The lowest BCUT2D eigenvalue weighted by Gasteiger charge is -2.15. The Balaban J connectivity index is 1.63. The molecule has 1 atom stereocenters. The Hall–Kier alpha value is -3.25. The molecule has 2 aromatic carbocycles. The van der Waals surface area contributed by atoms with Gasteiger partial charge in [0.25, 0.3) is 5.91 Å². The highest BCUT2D eigenvalue weighted by Crippen LogP contribution is 2.27. The van der Waals surface area contributed by atoms with Crippen molar-refractivity contribution in [2.45, 2.75) is 17.9 Å². The number of nitrogens with zero attached hydrogens (tertiary/aromatic N) is 2. The molecule has 0 bridgehead atoms. The van der Waals surface area contributed by atoms with Crippen LogP contribution in [0.25, 0.3) is 22.0 Å². The van der Waals surface area contributed by atoms with Gasteiger partial charge in [-0.05, 0) is 60.7 Å². The number of nitrogens with one attached hydrogen (secondary N) is 1. The summed E-state index contributed by atoms with van der Waals surface area (Å²) in [5.41, 5.74) is 3.29. The van der Waals surface area contributed by atoms with Crippen LogP contribution in [0.1, 0.15) is 29.0 Å². The van der Waals surface area contributed by atoms with Gasteiger partial charge in [0.1, 0.15) is 11.5 Å². The largest absolute Gasteiger partial charge is 0.344 e. The van der Waals surface area contributed by atoms with Crippen molar-refractivity contribution < 1.29 is 9.18 Å². The number of pyridine rings is 2. The number of thioether (sulfide) groups is 1. The molecule has 0 saturated heterocycles. The van der Waals surface area contributed by atoms with E-state index in [-0.39, 0.29) is 17.8 Å². The molecular weight excluding hydrogens is 397 g/mol. The lowest BCUT2D eigenvalue weighted by atomic mass is 10.0. The number of carbonyl (C=O) groups excluding carboxylic acids is 1. The van der Waals surface area contributed by atoms with Gasteiger partial charge in [0.05, 0.1) is 11.6 Å². The summed E-state index contributed by atoms with van der Waals surface area (Å²) in [5.74, 6) is -0.597. The van der Waals surface area contributed by atoms with Crippen LogP contribution in [0.4, 0.5) is 4.39 Å². The number of hydrogen-bond donors (Lipinski definition) is 1. The average molecular weight is 418 g/mol. The molecule has 1 amide bonds. The van der Waals surface area contributed by atoms with E-state index in [4.69, 9.17) is 0 Å². The monoisotopic (exact) mass is 417 g/mol. The molecule has 1 unspecified atom stereocenters. The molecule has 0 saturated carbocycles. The van der Waals surface area contributed by atoms with Gasteiger partial charge in [-0.2, -0.15) is 0 Å². The predicted molar refractivity (Wildman–Crippen MR) is 119 cm³/mol. The molecule has 2 heterocycles. The lowest BCUT2D eigenvalue weighted by molar-refractivity contribution is 0.0935. The number of rotatable bonds is 5. The average Bonchev–Trinajstić information content (AvgIpc) is 2.78. The Labute approximate surface area is 178 Å². The summed E-state index contributed by atoms with van der Waals surface area (Å²) >= 11 is 1.68. The highest BCUT2D eigenvalue weighted by molar-refractivity contribution is 7.98. The second-order valence-electron chi connectivity index (χ2n) is 6.93. The molecule has 4 aromatic rings. The van der Waals surface area contributed by atoms with Crippen molar-refractivity contribution in [1.82, 2.24) is 15.3 Å². The predicted octanol–water partition coefficient (Wildman–Crippen LogP) is 5.65. The number of amides is 1. The summed E-state index contributed by atoms with van der Waals surface area (Å²) in [4.78, 5) is 22.8. The Morgan fingerprint density at radius 1 is 1.07 bits per heavy atom. The Morgan fingerprint density at radius 2 is 1.87 bits per heavy atom. The molecule has 6 heteroatoms. The molecule has 4 rings (SSSR count). The quantitative estimate of drug-likeness (QED) is 0.427. The fraction of sp³-hybridized carbons (Fsp3) is 0.125. The smallest absolute Gasteiger partial charge is 0.270 e. The lowest BCUT2D eigenvalue weighted by Crippen LogP contribution is -2.27. The van der Waals surface area contributed by atoms with Crippen LogP contribution in [0.2, 0.25) is 0 Å². The molecule has 0 spiro atoms. The topological polar surface area (TPSA) is 54.9 Å². The molecule has 2 aromatic heterocycles. The maximum Gasteiger partial charge on any atom is 0.270 e. The maximum absolute atomic E-state index is 13.7. The summed E-state index contributed by atoms with van der Waals surface area (Å²) in [5, 5.41) is 3.79. The van der Waals surface area contributed by atoms with Crippen molar-refractivity contribution in [3.05, 3.63) is 90.1 Å². The normalized spacial score (nSPS) is 12.0. The molecule has 0 aliphatic carbocycles. The third-order valence-corrected chi connectivity index (χ3v) is 5.67. The second kappa shape index (κ2) is 8.63. The van der Waals surface area contributed by atoms with E-state index < -0.39 is 0 Å². The number of aromatic nitrogens is 2. The van der Waals surface area contributed by atoms with Crippen molar-refractivity contribution in [3.8, 4) is 11.1 Å². The van der Waals surface area contributed by atoms with E-state index in [0.717, 1.165) is 10.9 Å². The van der Waals surface area contributed by atoms with E-state index in [1.807, 2.05) is 43.5 Å². The van der Waals surface area contributed by atoms with Gasteiger partial charge >= 0.3 is 0 Å². The Morgan fingerprint density at radius 3 is 2.60 bits per heavy atom. The molecule has 4 nitrogen and oxygen atoms in total. The summed E-state index contributed by atoms with van der Waals surface area (Å²) in [7, 11) is 0. The highest BCUT2D eigenvalue weighted by Gasteiger charge is 2.15. The van der Waals surface area contributed by atoms with E-state index >= 15 is 0 Å². The van der Waals surface area contributed by atoms with Crippen LogP contribution in [-0.2, 0) is 0 Å². The fourth-order valence-corrected chi connectivity index (χ4v) is 3.69. The van der Waals surface area contributed by atoms with Crippen molar-refractivity contribution in [2.75, 3.05) is 6.26 Å². The van der Waals surface area contributed by atoms with Crippen LogP contribution in [0, 0.1) is 5.82 Å². The van der Waals surface area contributed by atoms with Gasteiger partial charge in [-0.1, -0.05) is 24.3 Å². The first-order valence-electron chi connectivity index (χ1n) is 9.50. The number of carbonyl (C=O) groups is 1. The zero-order valence-corrected chi connectivity index (χ0v) is 17.4. The van der Waals surface area contributed by atoms with Gasteiger partial charge in [0.2, 0.25) is 0 Å². The maximum atomic E-state index is 13.7. The van der Waals surface area contributed by atoms with Gasteiger partial charge in [-0.3, -0.25) is 9.78 Å². The highest BCUT2D eigenvalue weighted by atomic mass is 32.2.